The molecule has 0 saturated carbocycles. The first-order valence-electron chi connectivity index (χ1n) is 6.50. The normalized spacial score (nSPS) is 11.1. The maximum Gasteiger partial charge on any atom is 0.209 e. The molecular formula is C12H19N5S2. The Balaban J connectivity index is 1.86. The van der Waals surface area contributed by atoms with Crippen molar-refractivity contribution in [1.29, 1.82) is 0 Å². The Morgan fingerprint density at radius 2 is 2.16 bits per heavy atom. The second kappa shape index (κ2) is 7.62. The van der Waals surface area contributed by atoms with E-state index in [1.165, 1.54) is 9.75 Å². The van der Waals surface area contributed by atoms with Crippen LogP contribution < -0.4 is 5.32 Å². The molecule has 0 unspecified atom stereocenters. The number of nitrogens with zero attached hydrogens (tertiary/aromatic N) is 4. The van der Waals surface area contributed by atoms with Crippen LogP contribution in [0.1, 0.15) is 23.6 Å². The summed E-state index contributed by atoms with van der Waals surface area (Å²) in [5.74, 6) is 0.937. The fourth-order valence-corrected chi connectivity index (χ4v) is 3.53. The van der Waals surface area contributed by atoms with Crippen LogP contribution in [0.5, 0.6) is 0 Å². The number of thioether (sulfide) groups is 1. The van der Waals surface area contributed by atoms with Gasteiger partial charge in [0.1, 0.15) is 0 Å². The zero-order valence-electron chi connectivity index (χ0n) is 11.3. The van der Waals surface area contributed by atoms with Crippen molar-refractivity contribution in [2.24, 2.45) is 0 Å². The second-order valence-electron chi connectivity index (χ2n) is 4.05. The van der Waals surface area contributed by atoms with Gasteiger partial charge in [-0.05, 0) is 35.5 Å². The van der Waals surface area contributed by atoms with Crippen LogP contribution in [0, 0.1) is 0 Å². The van der Waals surface area contributed by atoms with Crippen LogP contribution in [0.4, 0.5) is 0 Å². The van der Waals surface area contributed by atoms with Crippen LogP contribution in [-0.2, 0) is 18.7 Å². The predicted molar refractivity (Wildman–Crippen MR) is 79.6 cm³/mol. The monoisotopic (exact) mass is 297 g/mol. The van der Waals surface area contributed by atoms with Crippen LogP contribution in [0.2, 0.25) is 0 Å². The van der Waals surface area contributed by atoms with Gasteiger partial charge >= 0.3 is 0 Å². The third kappa shape index (κ3) is 4.29. The van der Waals surface area contributed by atoms with E-state index in [9.17, 15) is 0 Å². The molecule has 0 saturated heterocycles. The molecule has 0 aromatic carbocycles. The molecule has 0 radical (unpaired) electrons. The average molecular weight is 297 g/mol. The van der Waals surface area contributed by atoms with Crippen molar-refractivity contribution in [2.75, 3.05) is 13.1 Å². The molecule has 0 amide bonds. The van der Waals surface area contributed by atoms with E-state index in [0.29, 0.717) is 0 Å². The van der Waals surface area contributed by atoms with Crippen molar-refractivity contribution in [2.45, 2.75) is 37.7 Å². The minimum Gasteiger partial charge on any atom is -0.315 e. The number of thiophene rings is 1. The first-order chi connectivity index (χ1) is 9.33. The summed E-state index contributed by atoms with van der Waals surface area (Å²) >= 11 is 3.57. The molecule has 5 nitrogen and oxygen atoms in total. The Bertz CT molecular complexity index is 494. The maximum absolute atomic E-state index is 4.08. The smallest absolute Gasteiger partial charge is 0.209 e. The van der Waals surface area contributed by atoms with E-state index in [2.05, 4.69) is 46.8 Å². The second-order valence-corrected chi connectivity index (χ2v) is 6.24. The molecule has 0 aliphatic rings. The van der Waals surface area contributed by atoms with Gasteiger partial charge in [-0.15, -0.1) is 16.4 Å². The minimum atomic E-state index is 0.813. The highest BCUT2D eigenvalue weighted by molar-refractivity contribution is 7.98. The highest BCUT2D eigenvalue weighted by Crippen LogP contribution is 2.25. The summed E-state index contributed by atoms with van der Waals surface area (Å²) in [4.78, 5) is 2.81. The van der Waals surface area contributed by atoms with Gasteiger partial charge in [0, 0.05) is 22.1 Å². The highest BCUT2D eigenvalue weighted by atomic mass is 32.2. The van der Waals surface area contributed by atoms with Gasteiger partial charge < -0.3 is 5.32 Å². The van der Waals surface area contributed by atoms with Crippen molar-refractivity contribution in [3.05, 3.63) is 21.9 Å². The fraction of sp³-hybridized carbons (Fsp3) is 0.583. The fourth-order valence-electron chi connectivity index (χ4n) is 1.63. The van der Waals surface area contributed by atoms with Crippen LogP contribution in [0.3, 0.4) is 0 Å². The van der Waals surface area contributed by atoms with E-state index in [1.807, 2.05) is 16.0 Å². The number of nitrogens with one attached hydrogen (secondary N) is 1. The van der Waals surface area contributed by atoms with Gasteiger partial charge in [0.2, 0.25) is 5.16 Å². The van der Waals surface area contributed by atoms with E-state index in [1.54, 1.807) is 11.8 Å². The molecule has 104 valence electrons. The third-order valence-corrected chi connectivity index (χ3v) is 5.08. The largest absolute Gasteiger partial charge is 0.315 e. The van der Waals surface area contributed by atoms with Crippen molar-refractivity contribution >= 4 is 23.1 Å². The van der Waals surface area contributed by atoms with Gasteiger partial charge in [-0.25, -0.2) is 4.68 Å². The molecule has 0 spiro atoms. The molecule has 0 atom stereocenters. The first kappa shape index (κ1) is 14.5. The molecule has 2 aromatic rings. The average Bonchev–Trinajstić information content (AvgIpc) is 3.05. The minimum absolute atomic E-state index is 0.813. The van der Waals surface area contributed by atoms with E-state index in [0.717, 1.165) is 37.0 Å². The van der Waals surface area contributed by atoms with E-state index in [4.69, 9.17) is 0 Å². The van der Waals surface area contributed by atoms with Gasteiger partial charge in [-0.2, -0.15) is 0 Å². The van der Waals surface area contributed by atoms with Gasteiger partial charge in [-0.1, -0.05) is 25.6 Å². The van der Waals surface area contributed by atoms with E-state index in [-0.39, 0.29) is 0 Å². The summed E-state index contributed by atoms with van der Waals surface area (Å²) < 4.78 is 1.86. The molecule has 7 heteroatoms. The number of aryl methyl sites for hydroxylation is 1. The number of hydrogen-bond acceptors (Lipinski definition) is 6. The lowest BCUT2D eigenvalue weighted by atomic mass is 10.4. The standard InChI is InChI=1S/C12H19N5S2/c1-3-10-5-6-11(19-10)9-18-12-14-15-16-17(12)8-7-13-4-2/h5-6,13H,3-4,7-9H2,1-2H3. The highest BCUT2D eigenvalue weighted by Gasteiger charge is 2.07. The van der Waals surface area contributed by atoms with Crippen LogP contribution in [-0.4, -0.2) is 33.3 Å². The topological polar surface area (TPSA) is 55.6 Å². The first-order valence-corrected chi connectivity index (χ1v) is 8.31. The Kier molecular flexibility index (Phi) is 5.81. The summed E-state index contributed by atoms with van der Waals surface area (Å²) in [5.41, 5.74) is 0. The number of aromatic nitrogens is 4. The molecule has 2 rings (SSSR count). The van der Waals surface area contributed by atoms with Gasteiger partial charge in [0.25, 0.3) is 0 Å². The number of tetrazole rings is 1. The zero-order chi connectivity index (χ0) is 13.5. The van der Waals surface area contributed by atoms with Crippen molar-refractivity contribution in [3.8, 4) is 0 Å². The molecule has 0 bridgehead atoms. The molecule has 2 heterocycles. The summed E-state index contributed by atoms with van der Waals surface area (Å²) in [5, 5.41) is 16.0. The van der Waals surface area contributed by atoms with Crippen LogP contribution in [0.15, 0.2) is 17.3 Å². The molecule has 0 fully saturated rings. The molecule has 1 N–H and O–H groups in total. The van der Waals surface area contributed by atoms with Crippen LogP contribution in [0.25, 0.3) is 0 Å². The molecule has 2 aromatic heterocycles. The van der Waals surface area contributed by atoms with Crippen molar-refractivity contribution < 1.29 is 0 Å². The third-order valence-electron chi connectivity index (χ3n) is 2.66. The predicted octanol–water partition coefficient (Wildman–Crippen LogP) is 2.20. The van der Waals surface area contributed by atoms with Gasteiger partial charge in [-0.3, -0.25) is 0 Å². The Hall–Kier alpha value is -0.920. The lowest BCUT2D eigenvalue weighted by Gasteiger charge is -2.03. The van der Waals surface area contributed by atoms with Gasteiger partial charge in [0.05, 0.1) is 6.54 Å². The number of rotatable bonds is 8. The zero-order valence-corrected chi connectivity index (χ0v) is 12.9. The van der Waals surface area contributed by atoms with E-state index < -0.39 is 0 Å². The molecule has 0 aliphatic heterocycles. The quantitative estimate of drug-likeness (QED) is 0.598. The Labute approximate surface area is 121 Å². The van der Waals surface area contributed by atoms with E-state index >= 15 is 0 Å². The Morgan fingerprint density at radius 1 is 1.32 bits per heavy atom. The molecule has 19 heavy (non-hydrogen) atoms. The summed E-state index contributed by atoms with van der Waals surface area (Å²) in [7, 11) is 0. The lowest BCUT2D eigenvalue weighted by molar-refractivity contribution is 0.517. The van der Waals surface area contributed by atoms with Crippen molar-refractivity contribution in [1.82, 2.24) is 25.5 Å². The van der Waals surface area contributed by atoms with Gasteiger partial charge in [0.15, 0.2) is 0 Å². The number of hydrogen-bond donors (Lipinski definition) is 1. The molecular weight excluding hydrogens is 278 g/mol. The van der Waals surface area contributed by atoms with Crippen molar-refractivity contribution in [3.63, 3.8) is 0 Å². The lowest BCUT2D eigenvalue weighted by Crippen LogP contribution is -2.20. The summed E-state index contributed by atoms with van der Waals surface area (Å²) in [6.45, 7) is 6.96. The SMILES string of the molecule is CCNCCn1nnnc1SCc1ccc(CC)s1. The maximum atomic E-state index is 4.08. The Morgan fingerprint density at radius 3 is 2.89 bits per heavy atom. The molecule has 0 aliphatic carbocycles. The number of likely N-dealkylation sites (N-methyl/N-ethyl adjacent to an activating group) is 1. The van der Waals surface area contributed by atoms with Crippen LogP contribution >= 0.6 is 23.1 Å². The summed E-state index contributed by atoms with van der Waals surface area (Å²) in [6.07, 6.45) is 1.11. The summed E-state index contributed by atoms with van der Waals surface area (Å²) in [6, 6.07) is 4.40.